The Hall–Kier alpha value is -1.30. The summed E-state index contributed by atoms with van der Waals surface area (Å²) in [6.45, 7) is 4.25. The van der Waals surface area contributed by atoms with Gasteiger partial charge in [0.15, 0.2) is 5.60 Å². The van der Waals surface area contributed by atoms with E-state index >= 15 is 0 Å². The Morgan fingerprint density at radius 1 is 1.48 bits per heavy atom. The van der Waals surface area contributed by atoms with Gasteiger partial charge in [0.25, 0.3) is 5.91 Å². The molecule has 21 heavy (non-hydrogen) atoms. The normalized spacial score (nSPS) is 22.1. The van der Waals surface area contributed by atoms with Crippen molar-refractivity contribution in [1.82, 2.24) is 5.32 Å². The summed E-state index contributed by atoms with van der Waals surface area (Å²) in [4.78, 5) is 12.2. The van der Waals surface area contributed by atoms with Gasteiger partial charge < -0.3 is 19.9 Å². The molecule has 1 fully saturated rings. The van der Waals surface area contributed by atoms with Gasteiger partial charge in [-0.1, -0.05) is 11.6 Å². The number of hydrogen-bond acceptors (Lipinski definition) is 4. The Balaban J connectivity index is 1.91. The first-order chi connectivity index (χ1) is 9.81. The van der Waals surface area contributed by atoms with Crippen LogP contribution in [0, 0.1) is 0 Å². The molecule has 5 nitrogen and oxygen atoms in total. The van der Waals surface area contributed by atoms with Gasteiger partial charge in [0, 0.05) is 24.6 Å². The van der Waals surface area contributed by atoms with Crippen molar-refractivity contribution in [2.75, 3.05) is 19.8 Å². The van der Waals surface area contributed by atoms with Gasteiger partial charge in [-0.25, -0.2) is 0 Å². The Labute approximate surface area is 129 Å². The highest BCUT2D eigenvalue weighted by molar-refractivity contribution is 6.30. The number of benzene rings is 1. The van der Waals surface area contributed by atoms with Crippen molar-refractivity contribution >= 4 is 17.5 Å². The zero-order valence-electron chi connectivity index (χ0n) is 12.2. The molecule has 6 heteroatoms. The quantitative estimate of drug-likeness (QED) is 0.869. The van der Waals surface area contributed by atoms with Crippen molar-refractivity contribution in [1.29, 1.82) is 0 Å². The van der Waals surface area contributed by atoms with Crippen LogP contribution in [0.15, 0.2) is 24.3 Å². The number of rotatable bonds is 5. The molecule has 0 aromatic heterocycles. The molecule has 0 unspecified atom stereocenters. The maximum Gasteiger partial charge on any atom is 0.263 e. The number of hydrogen-bond donors (Lipinski definition) is 2. The zero-order chi connectivity index (χ0) is 15.5. The molecule has 1 aliphatic heterocycles. The molecule has 1 amide bonds. The second-order valence-electron chi connectivity index (χ2n) is 5.78. The third kappa shape index (κ3) is 4.33. The summed E-state index contributed by atoms with van der Waals surface area (Å²) < 4.78 is 10.8. The second kappa shape index (κ2) is 6.22. The molecule has 0 saturated carbocycles. The van der Waals surface area contributed by atoms with E-state index in [-0.39, 0.29) is 19.1 Å². The topological polar surface area (TPSA) is 67.8 Å². The lowest BCUT2D eigenvalue weighted by Gasteiger charge is -2.28. The van der Waals surface area contributed by atoms with Crippen molar-refractivity contribution in [3.05, 3.63) is 29.3 Å². The SMILES string of the molecule is CC(C)(Oc1ccc(Cl)cc1)C(=O)NC[C@@]1(O)CCOC1. The number of ether oxygens (including phenoxy) is 2. The summed E-state index contributed by atoms with van der Waals surface area (Å²) in [6, 6.07) is 6.80. The van der Waals surface area contributed by atoms with E-state index in [2.05, 4.69) is 5.32 Å². The number of aliphatic hydroxyl groups is 1. The smallest absolute Gasteiger partial charge is 0.263 e. The molecule has 1 saturated heterocycles. The lowest BCUT2D eigenvalue weighted by Crippen LogP contribution is -2.51. The van der Waals surface area contributed by atoms with Gasteiger partial charge in [-0.2, -0.15) is 0 Å². The van der Waals surface area contributed by atoms with E-state index in [1.807, 2.05) is 0 Å². The van der Waals surface area contributed by atoms with Crippen LogP contribution in [0.2, 0.25) is 5.02 Å². The Bertz CT molecular complexity index is 495. The molecule has 1 aromatic rings. The molecule has 2 N–H and O–H groups in total. The molecule has 1 atom stereocenters. The highest BCUT2D eigenvalue weighted by atomic mass is 35.5. The van der Waals surface area contributed by atoms with Gasteiger partial charge >= 0.3 is 0 Å². The van der Waals surface area contributed by atoms with E-state index in [0.29, 0.717) is 23.8 Å². The standard InChI is InChI=1S/C15H20ClNO4/c1-14(2,21-12-5-3-11(16)4-6-12)13(18)17-9-15(19)7-8-20-10-15/h3-6,19H,7-10H2,1-2H3,(H,17,18)/t15-/m0/s1. The first kappa shape index (κ1) is 16.1. The Morgan fingerprint density at radius 3 is 2.71 bits per heavy atom. The van der Waals surface area contributed by atoms with E-state index in [4.69, 9.17) is 21.1 Å². The van der Waals surface area contributed by atoms with Crippen LogP contribution in [0.25, 0.3) is 0 Å². The van der Waals surface area contributed by atoms with Crippen LogP contribution in [0.4, 0.5) is 0 Å². The minimum atomic E-state index is -1.05. The van der Waals surface area contributed by atoms with E-state index in [1.165, 1.54) is 0 Å². The lowest BCUT2D eigenvalue weighted by atomic mass is 10.0. The molecular formula is C15H20ClNO4. The second-order valence-corrected chi connectivity index (χ2v) is 6.21. The van der Waals surface area contributed by atoms with Gasteiger partial charge in [0.2, 0.25) is 0 Å². The molecule has 0 radical (unpaired) electrons. The minimum absolute atomic E-state index is 0.152. The third-order valence-electron chi connectivity index (χ3n) is 3.39. The van der Waals surface area contributed by atoms with Crippen LogP contribution >= 0.6 is 11.6 Å². The number of carbonyl (C=O) groups is 1. The van der Waals surface area contributed by atoms with E-state index in [9.17, 15) is 9.90 Å². The van der Waals surface area contributed by atoms with Crippen molar-refractivity contribution < 1.29 is 19.4 Å². The van der Waals surface area contributed by atoms with Crippen LogP contribution in [-0.4, -0.2) is 42.0 Å². The predicted octanol–water partition coefficient (Wildman–Crippen LogP) is 1.76. The highest BCUT2D eigenvalue weighted by Gasteiger charge is 2.36. The van der Waals surface area contributed by atoms with Crippen LogP contribution < -0.4 is 10.1 Å². The molecule has 1 aliphatic rings. The largest absolute Gasteiger partial charge is 0.478 e. The number of halogens is 1. The molecule has 0 aliphatic carbocycles. The Kier molecular flexibility index (Phi) is 4.76. The Morgan fingerprint density at radius 2 is 2.14 bits per heavy atom. The molecule has 116 valence electrons. The molecule has 1 aromatic carbocycles. The number of nitrogens with one attached hydrogen (secondary N) is 1. The van der Waals surface area contributed by atoms with Crippen molar-refractivity contribution in [3.8, 4) is 5.75 Å². The van der Waals surface area contributed by atoms with Crippen molar-refractivity contribution in [2.24, 2.45) is 0 Å². The predicted molar refractivity (Wildman–Crippen MR) is 79.6 cm³/mol. The van der Waals surface area contributed by atoms with Crippen molar-refractivity contribution in [2.45, 2.75) is 31.5 Å². The summed E-state index contributed by atoms with van der Waals surface area (Å²) in [7, 11) is 0. The lowest BCUT2D eigenvalue weighted by molar-refractivity contribution is -0.135. The first-order valence-electron chi connectivity index (χ1n) is 6.84. The van der Waals surface area contributed by atoms with Crippen molar-refractivity contribution in [3.63, 3.8) is 0 Å². The van der Waals surface area contributed by atoms with Crippen LogP contribution in [0.5, 0.6) is 5.75 Å². The average molecular weight is 314 g/mol. The summed E-state index contributed by atoms with van der Waals surface area (Å²) in [5, 5.41) is 13.5. The molecule has 1 heterocycles. The summed E-state index contributed by atoms with van der Waals surface area (Å²) in [5.74, 6) is 0.264. The monoisotopic (exact) mass is 313 g/mol. The average Bonchev–Trinajstić information content (AvgIpc) is 2.86. The van der Waals surface area contributed by atoms with Crippen LogP contribution in [0.3, 0.4) is 0 Å². The maximum absolute atomic E-state index is 12.2. The maximum atomic E-state index is 12.2. The summed E-state index contributed by atoms with van der Waals surface area (Å²) >= 11 is 5.81. The van der Waals surface area contributed by atoms with Gasteiger partial charge in [-0.3, -0.25) is 4.79 Å². The van der Waals surface area contributed by atoms with Gasteiger partial charge in [-0.15, -0.1) is 0 Å². The molecule has 2 rings (SSSR count). The fourth-order valence-corrected chi connectivity index (χ4v) is 2.16. The zero-order valence-corrected chi connectivity index (χ0v) is 12.9. The molecular weight excluding hydrogens is 294 g/mol. The van der Waals surface area contributed by atoms with Crippen LogP contribution in [0.1, 0.15) is 20.3 Å². The number of amides is 1. The van der Waals surface area contributed by atoms with E-state index < -0.39 is 11.2 Å². The molecule has 0 spiro atoms. The van der Waals surface area contributed by atoms with Gasteiger partial charge in [0.05, 0.1) is 6.61 Å². The first-order valence-corrected chi connectivity index (χ1v) is 7.22. The van der Waals surface area contributed by atoms with Crippen LogP contribution in [-0.2, 0) is 9.53 Å². The fraction of sp³-hybridized carbons (Fsp3) is 0.533. The van der Waals surface area contributed by atoms with E-state index in [0.717, 1.165) is 0 Å². The summed E-state index contributed by atoms with van der Waals surface area (Å²) in [6.07, 6.45) is 0.520. The molecule has 0 bridgehead atoms. The minimum Gasteiger partial charge on any atom is -0.478 e. The van der Waals surface area contributed by atoms with Gasteiger partial charge in [-0.05, 0) is 38.1 Å². The fourth-order valence-electron chi connectivity index (χ4n) is 2.04. The third-order valence-corrected chi connectivity index (χ3v) is 3.65. The highest BCUT2D eigenvalue weighted by Crippen LogP contribution is 2.22. The summed E-state index contributed by atoms with van der Waals surface area (Å²) in [5.41, 5.74) is -2.03. The van der Waals surface area contributed by atoms with Gasteiger partial charge in [0.1, 0.15) is 11.4 Å². The number of carbonyl (C=O) groups excluding carboxylic acids is 1. The van der Waals surface area contributed by atoms with E-state index in [1.54, 1.807) is 38.1 Å².